The van der Waals surface area contributed by atoms with Crippen molar-refractivity contribution >= 4 is 5.78 Å². The molecule has 0 N–H and O–H groups in total. The minimum absolute atomic E-state index is 0.0422. The first-order valence-electron chi connectivity index (χ1n) is 7.14. The van der Waals surface area contributed by atoms with E-state index in [2.05, 4.69) is 6.58 Å². The maximum atomic E-state index is 11.8. The molecule has 1 aromatic carbocycles. The standard InChI is InChI=1S/C17H24O3/c1-5-8-14-11-15(19-7-3)9-10-17(14)20-12-16(18)13(4)6-2/h5,9-11,13H,1,6-8,12H2,2-4H3. The summed E-state index contributed by atoms with van der Waals surface area (Å²) in [7, 11) is 0. The zero-order valence-corrected chi connectivity index (χ0v) is 12.6. The fraction of sp³-hybridized carbons (Fsp3) is 0.471. The van der Waals surface area contributed by atoms with Crippen LogP contribution < -0.4 is 9.47 Å². The third-order valence-corrected chi connectivity index (χ3v) is 3.24. The Morgan fingerprint density at radius 1 is 1.35 bits per heavy atom. The largest absolute Gasteiger partial charge is 0.494 e. The van der Waals surface area contributed by atoms with E-state index in [-0.39, 0.29) is 18.3 Å². The number of Topliss-reactive ketones (excluding diaryl/α,β-unsaturated/α-hetero) is 1. The van der Waals surface area contributed by atoms with Gasteiger partial charge in [-0.3, -0.25) is 4.79 Å². The molecule has 1 atom stereocenters. The lowest BCUT2D eigenvalue weighted by Gasteiger charge is -2.13. The Kier molecular flexibility index (Phi) is 6.85. The van der Waals surface area contributed by atoms with Crippen molar-refractivity contribution in [3.63, 3.8) is 0 Å². The van der Waals surface area contributed by atoms with Crippen LogP contribution in [0.25, 0.3) is 0 Å². The molecule has 0 amide bonds. The number of ether oxygens (including phenoxy) is 2. The second-order valence-electron chi connectivity index (χ2n) is 4.76. The Balaban J connectivity index is 2.77. The van der Waals surface area contributed by atoms with Crippen LogP contribution in [0.5, 0.6) is 11.5 Å². The van der Waals surface area contributed by atoms with Gasteiger partial charge in [-0.05, 0) is 38.0 Å². The van der Waals surface area contributed by atoms with Gasteiger partial charge < -0.3 is 9.47 Å². The summed E-state index contributed by atoms with van der Waals surface area (Å²) < 4.78 is 11.1. The van der Waals surface area contributed by atoms with Gasteiger partial charge in [0.05, 0.1) is 6.61 Å². The van der Waals surface area contributed by atoms with E-state index in [0.717, 1.165) is 23.5 Å². The molecule has 0 spiro atoms. The average Bonchev–Trinajstić information content (AvgIpc) is 2.46. The molecule has 1 rings (SSSR count). The van der Waals surface area contributed by atoms with Crippen LogP contribution in [0.15, 0.2) is 30.9 Å². The summed E-state index contributed by atoms with van der Waals surface area (Å²) in [5.74, 6) is 1.71. The van der Waals surface area contributed by atoms with Crippen molar-refractivity contribution in [2.24, 2.45) is 5.92 Å². The third-order valence-electron chi connectivity index (χ3n) is 3.24. The summed E-state index contributed by atoms with van der Waals surface area (Å²) in [6.45, 7) is 10.4. The van der Waals surface area contributed by atoms with Crippen molar-refractivity contribution in [1.82, 2.24) is 0 Å². The summed E-state index contributed by atoms with van der Waals surface area (Å²) >= 11 is 0. The van der Waals surface area contributed by atoms with Gasteiger partial charge in [-0.1, -0.05) is 19.9 Å². The highest BCUT2D eigenvalue weighted by Crippen LogP contribution is 2.25. The highest BCUT2D eigenvalue weighted by Gasteiger charge is 2.12. The van der Waals surface area contributed by atoms with Crippen LogP contribution in [-0.2, 0) is 11.2 Å². The molecule has 0 saturated heterocycles. The smallest absolute Gasteiger partial charge is 0.172 e. The van der Waals surface area contributed by atoms with Crippen LogP contribution in [0.2, 0.25) is 0 Å². The van der Waals surface area contributed by atoms with Gasteiger partial charge in [0.2, 0.25) is 0 Å². The molecule has 0 fully saturated rings. The Morgan fingerprint density at radius 3 is 2.70 bits per heavy atom. The number of carbonyl (C=O) groups is 1. The number of ketones is 1. The fourth-order valence-electron chi connectivity index (χ4n) is 1.79. The first kappa shape index (κ1) is 16.3. The highest BCUT2D eigenvalue weighted by atomic mass is 16.5. The topological polar surface area (TPSA) is 35.5 Å². The first-order chi connectivity index (χ1) is 9.62. The van der Waals surface area contributed by atoms with Crippen LogP contribution in [0, 0.1) is 5.92 Å². The number of allylic oxidation sites excluding steroid dienone is 1. The van der Waals surface area contributed by atoms with Crippen LogP contribution in [0.4, 0.5) is 0 Å². The van der Waals surface area contributed by atoms with Gasteiger partial charge in [0.25, 0.3) is 0 Å². The third kappa shape index (κ3) is 4.72. The van der Waals surface area contributed by atoms with Gasteiger partial charge in [0.1, 0.15) is 18.1 Å². The van der Waals surface area contributed by atoms with Crippen LogP contribution in [0.3, 0.4) is 0 Å². The van der Waals surface area contributed by atoms with E-state index in [1.54, 1.807) is 0 Å². The van der Waals surface area contributed by atoms with Gasteiger partial charge in [-0.15, -0.1) is 6.58 Å². The Hall–Kier alpha value is -1.77. The predicted octanol–water partition coefficient (Wildman–Crippen LogP) is 3.81. The monoisotopic (exact) mass is 276 g/mol. The van der Waals surface area contributed by atoms with Crippen molar-refractivity contribution in [1.29, 1.82) is 0 Å². The predicted molar refractivity (Wildman–Crippen MR) is 81.5 cm³/mol. The minimum Gasteiger partial charge on any atom is -0.494 e. The van der Waals surface area contributed by atoms with E-state index in [1.807, 2.05) is 45.0 Å². The van der Waals surface area contributed by atoms with E-state index in [0.29, 0.717) is 13.0 Å². The second-order valence-corrected chi connectivity index (χ2v) is 4.76. The van der Waals surface area contributed by atoms with Crippen molar-refractivity contribution in [2.45, 2.75) is 33.6 Å². The molecule has 1 aromatic rings. The van der Waals surface area contributed by atoms with Crippen molar-refractivity contribution in [3.8, 4) is 11.5 Å². The molecular formula is C17H24O3. The lowest BCUT2D eigenvalue weighted by atomic mass is 10.0. The molecule has 0 radical (unpaired) electrons. The zero-order chi connectivity index (χ0) is 15.0. The van der Waals surface area contributed by atoms with Gasteiger partial charge in [-0.25, -0.2) is 0 Å². The van der Waals surface area contributed by atoms with E-state index in [9.17, 15) is 4.79 Å². The molecule has 0 aliphatic heterocycles. The van der Waals surface area contributed by atoms with Crippen LogP contribution >= 0.6 is 0 Å². The van der Waals surface area contributed by atoms with E-state index < -0.39 is 0 Å². The van der Waals surface area contributed by atoms with Gasteiger partial charge in [-0.2, -0.15) is 0 Å². The summed E-state index contributed by atoms with van der Waals surface area (Å²) in [5.41, 5.74) is 0.989. The minimum atomic E-state index is 0.0422. The Bertz CT molecular complexity index is 452. The van der Waals surface area contributed by atoms with Crippen LogP contribution in [-0.4, -0.2) is 19.0 Å². The summed E-state index contributed by atoms with van der Waals surface area (Å²) in [5, 5.41) is 0. The molecule has 0 aliphatic carbocycles. The highest BCUT2D eigenvalue weighted by molar-refractivity contribution is 5.82. The van der Waals surface area contributed by atoms with Crippen molar-refractivity contribution < 1.29 is 14.3 Å². The fourth-order valence-corrected chi connectivity index (χ4v) is 1.79. The first-order valence-corrected chi connectivity index (χ1v) is 7.14. The lowest BCUT2D eigenvalue weighted by molar-refractivity contribution is -0.124. The SMILES string of the molecule is C=CCc1cc(OCC)ccc1OCC(=O)C(C)CC. The summed E-state index contributed by atoms with van der Waals surface area (Å²) in [6.07, 6.45) is 3.34. The van der Waals surface area contributed by atoms with E-state index >= 15 is 0 Å². The molecular weight excluding hydrogens is 252 g/mol. The normalized spacial score (nSPS) is 11.8. The molecule has 110 valence electrons. The second kappa shape index (κ2) is 8.41. The Labute approximate surface area is 121 Å². The van der Waals surface area contributed by atoms with Crippen molar-refractivity contribution in [2.75, 3.05) is 13.2 Å². The molecule has 3 heteroatoms. The van der Waals surface area contributed by atoms with E-state index in [1.165, 1.54) is 0 Å². The molecule has 20 heavy (non-hydrogen) atoms. The van der Waals surface area contributed by atoms with Gasteiger partial charge >= 0.3 is 0 Å². The summed E-state index contributed by atoms with van der Waals surface area (Å²) in [4.78, 5) is 11.8. The zero-order valence-electron chi connectivity index (χ0n) is 12.6. The molecule has 0 bridgehead atoms. The van der Waals surface area contributed by atoms with Crippen molar-refractivity contribution in [3.05, 3.63) is 36.4 Å². The average molecular weight is 276 g/mol. The lowest BCUT2D eigenvalue weighted by Crippen LogP contribution is -2.19. The molecule has 0 aromatic heterocycles. The Morgan fingerprint density at radius 2 is 2.10 bits per heavy atom. The maximum Gasteiger partial charge on any atom is 0.172 e. The maximum absolute atomic E-state index is 11.8. The number of rotatable bonds is 9. The molecule has 0 heterocycles. The molecule has 0 aliphatic rings. The molecule has 3 nitrogen and oxygen atoms in total. The number of hydrogen-bond acceptors (Lipinski definition) is 3. The quantitative estimate of drug-likeness (QED) is 0.643. The van der Waals surface area contributed by atoms with Crippen LogP contribution in [0.1, 0.15) is 32.8 Å². The van der Waals surface area contributed by atoms with E-state index in [4.69, 9.17) is 9.47 Å². The molecule has 1 unspecified atom stereocenters. The van der Waals surface area contributed by atoms with Gasteiger partial charge in [0, 0.05) is 11.5 Å². The summed E-state index contributed by atoms with van der Waals surface area (Å²) in [6, 6.07) is 5.65. The number of benzene rings is 1. The number of hydrogen-bond donors (Lipinski definition) is 0. The van der Waals surface area contributed by atoms with Gasteiger partial charge in [0.15, 0.2) is 5.78 Å². The molecule has 0 saturated carbocycles. The number of carbonyl (C=O) groups excluding carboxylic acids is 1.